The lowest BCUT2D eigenvalue weighted by Crippen LogP contribution is -2.40. The number of nitrogens with one attached hydrogen (secondary N) is 1. The molecule has 0 saturated heterocycles. The summed E-state index contributed by atoms with van der Waals surface area (Å²) in [7, 11) is -3.73. The van der Waals surface area contributed by atoms with Crippen molar-refractivity contribution in [2.24, 2.45) is 0 Å². The van der Waals surface area contributed by atoms with Gasteiger partial charge in [0.05, 0.1) is 4.90 Å². The fourth-order valence-corrected chi connectivity index (χ4v) is 3.70. The standard InChI is InChI=1S/C16H18FNO2S/c1-16(2,3)18-21(19,20)15-11-7-5-9-13(15)12-8-4-6-10-14(12)17/h4-11,18H,1-3H3. The van der Waals surface area contributed by atoms with Crippen LogP contribution in [0.2, 0.25) is 0 Å². The number of benzene rings is 2. The molecule has 0 unspecified atom stereocenters. The highest BCUT2D eigenvalue weighted by molar-refractivity contribution is 7.89. The van der Waals surface area contributed by atoms with Crippen LogP contribution < -0.4 is 4.72 Å². The van der Waals surface area contributed by atoms with Gasteiger partial charge in [0, 0.05) is 16.7 Å². The Balaban J connectivity index is 2.60. The van der Waals surface area contributed by atoms with Crippen molar-refractivity contribution in [1.29, 1.82) is 0 Å². The zero-order valence-corrected chi connectivity index (χ0v) is 13.0. The Morgan fingerprint density at radius 1 is 0.905 bits per heavy atom. The lowest BCUT2D eigenvalue weighted by atomic mass is 10.1. The maximum absolute atomic E-state index is 14.0. The molecule has 1 N–H and O–H groups in total. The van der Waals surface area contributed by atoms with E-state index in [9.17, 15) is 12.8 Å². The number of rotatable bonds is 3. The monoisotopic (exact) mass is 307 g/mol. The van der Waals surface area contributed by atoms with Crippen LogP contribution in [0.4, 0.5) is 4.39 Å². The molecule has 112 valence electrons. The second kappa shape index (κ2) is 5.58. The van der Waals surface area contributed by atoms with Gasteiger partial charge in [-0.3, -0.25) is 0 Å². The quantitative estimate of drug-likeness (QED) is 0.942. The Labute approximate surface area is 124 Å². The highest BCUT2D eigenvalue weighted by Crippen LogP contribution is 2.29. The number of hydrogen-bond donors (Lipinski definition) is 1. The number of halogens is 1. The van der Waals surface area contributed by atoms with E-state index in [1.807, 2.05) is 0 Å². The molecule has 3 nitrogen and oxygen atoms in total. The third-order valence-corrected chi connectivity index (χ3v) is 4.60. The lowest BCUT2D eigenvalue weighted by Gasteiger charge is -2.21. The van der Waals surface area contributed by atoms with Crippen molar-refractivity contribution in [2.45, 2.75) is 31.2 Å². The number of hydrogen-bond acceptors (Lipinski definition) is 2. The summed E-state index contributed by atoms with van der Waals surface area (Å²) in [6, 6.07) is 12.5. The van der Waals surface area contributed by atoms with Crippen LogP contribution >= 0.6 is 0 Å². The SMILES string of the molecule is CC(C)(C)NS(=O)(=O)c1ccccc1-c1ccccc1F. The van der Waals surface area contributed by atoms with Gasteiger partial charge in [-0.2, -0.15) is 0 Å². The van der Waals surface area contributed by atoms with Crippen LogP contribution in [0.25, 0.3) is 11.1 Å². The summed E-state index contributed by atoms with van der Waals surface area (Å²) < 4.78 is 41.6. The highest BCUT2D eigenvalue weighted by Gasteiger charge is 2.25. The molecule has 0 amide bonds. The minimum Gasteiger partial charge on any atom is -0.207 e. The molecule has 0 saturated carbocycles. The first-order valence-corrected chi connectivity index (χ1v) is 8.07. The Morgan fingerprint density at radius 3 is 2.00 bits per heavy atom. The first kappa shape index (κ1) is 15.7. The van der Waals surface area contributed by atoms with Crippen molar-refractivity contribution in [3.63, 3.8) is 0 Å². The zero-order chi connectivity index (χ0) is 15.7. The first-order chi connectivity index (χ1) is 9.71. The van der Waals surface area contributed by atoms with E-state index in [1.54, 1.807) is 57.2 Å². The number of sulfonamides is 1. The molecular weight excluding hydrogens is 289 g/mol. The highest BCUT2D eigenvalue weighted by atomic mass is 32.2. The molecule has 0 spiro atoms. The minimum atomic E-state index is -3.73. The van der Waals surface area contributed by atoms with E-state index in [0.29, 0.717) is 5.56 Å². The largest absolute Gasteiger partial charge is 0.241 e. The Morgan fingerprint density at radius 2 is 1.43 bits per heavy atom. The van der Waals surface area contributed by atoms with Crippen LogP contribution in [-0.2, 0) is 10.0 Å². The maximum atomic E-state index is 14.0. The maximum Gasteiger partial charge on any atom is 0.241 e. The van der Waals surface area contributed by atoms with E-state index in [-0.39, 0.29) is 10.5 Å². The van der Waals surface area contributed by atoms with Gasteiger partial charge in [-0.25, -0.2) is 17.5 Å². The average Bonchev–Trinajstić information content (AvgIpc) is 2.36. The smallest absolute Gasteiger partial charge is 0.207 e. The Bertz CT molecular complexity index is 749. The molecular formula is C16H18FNO2S. The Kier molecular flexibility index (Phi) is 4.16. The van der Waals surface area contributed by atoms with E-state index in [0.717, 1.165) is 0 Å². The van der Waals surface area contributed by atoms with Crippen LogP contribution in [0, 0.1) is 5.82 Å². The molecule has 0 aliphatic rings. The van der Waals surface area contributed by atoms with E-state index in [2.05, 4.69) is 4.72 Å². The fraction of sp³-hybridized carbons (Fsp3) is 0.250. The third kappa shape index (κ3) is 3.68. The van der Waals surface area contributed by atoms with E-state index >= 15 is 0 Å². The second-order valence-electron chi connectivity index (χ2n) is 5.83. The predicted molar refractivity (Wildman–Crippen MR) is 81.9 cm³/mol. The molecule has 0 aliphatic heterocycles. The summed E-state index contributed by atoms with van der Waals surface area (Å²) in [5.74, 6) is -0.448. The van der Waals surface area contributed by atoms with Crippen molar-refractivity contribution in [2.75, 3.05) is 0 Å². The van der Waals surface area contributed by atoms with Gasteiger partial charge in [0.1, 0.15) is 5.82 Å². The molecule has 0 bridgehead atoms. The van der Waals surface area contributed by atoms with Crippen LogP contribution in [-0.4, -0.2) is 14.0 Å². The van der Waals surface area contributed by atoms with Crippen molar-refractivity contribution in [3.8, 4) is 11.1 Å². The summed E-state index contributed by atoms with van der Waals surface area (Å²) in [6.07, 6.45) is 0. The summed E-state index contributed by atoms with van der Waals surface area (Å²) in [5.41, 5.74) is 0.0148. The molecule has 0 heterocycles. The van der Waals surface area contributed by atoms with Crippen molar-refractivity contribution in [3.05, 3.63) is 54.3 Å². The zero-order valence-electron chi connectivity index (χ0n) is 12.2. The van der Waals surface area contributed by atoms with Crippen LogP contribution in [0.1, 0.15) is 20.8 Å². The molecule has 21 heavy (non-hydrogen) atoms. The van der Waals surface area contributed by atoms with E-state index in [1.165, 1.54) is 12.1 Å². The summed E-state index contributed by atoms with van der Waals surface area (Å²) in [5, 5.41) is 0. The molecule has 2 rings (SSSR count). The molecule has 0 fully saturated rings. The molecule has 5 heteroatoms. The van der Waals surface area contributed by atoms with Gasteiger partial charge >= 0.3 is 0 Å². The Hall–Kier alpha value is -1.72. The second-order valence-corrected chi connectivity index (χ2v) is 7.48. The van der Waals surface area contributed by atoms with Gasteiger partial charge in [-0.05, 0) is 32.9 Å². The predicted octanol–water partition coefficient (Wildman–Crippen LogP) is 3.57. The summed E-state index contributed by atoms with van der Waals surface area (Å²) >= 11 is 0. The molecule has 2 aromatic carbocycles. The molecule has 0 atom stereocenters. The van der Waals surface area contributed by atoms with Crippen LogP contribution in [0.5, 0.6) is 0 Å². The van der Waals surface area contributed by atoms with Gasteiger partial charge in [0.2, 0.25) is 10.0 Å². The third-order valence-electron chi connectivity index (χ3n) is 2.78. The fourth-order valence-electron chi connectivity index (χ4n) is 2.06. The topological polar surface area (TPSA) is 46.2 Å². The van der Waals surface area contributed by atoms with E-state index < -0.39 is 21.4 Å². The van der Waals surface area contributed by atoms with Crippen LogP contribution in [0.15, 0.2) is 53.4 Å². The van der Waals surface area contributed by atoms with Gasteiger partial charge in [0.15, 0.2) is 0 Å². The van der Waals surface area contributed by atoms with Gasteiger partial charge in [0.25, 0.3) is 0 Å². The van der Waals surface area contributed by atoms with Crippen molar-refractivity contribution in [1.82, 2.24) is 4.72 Å². The first-order valence-electron chi connectivity index (χ1n) is 6.59. The molecule has 0 radical (unpaired) electrons. The van der Waals surface area contributed by atoms with Gasteiger partial charge in [-0.15, -0.1) is 0 Å². The summed E-state index contributed by atoms with van der Waals surface area (Å²) in [4.78, 5) is 0.0741. The molecule has 0 aromatic heterocycles. The summed E-state index contributed by atoms with van der Waals surface area (Å²) in [6.45, 7) is 5.28. The van der Waals surface area contributed by atoms with Crippen LogP contribution in [0.3, 0.4) is 0 Å². The average molecular weight is 307 g/mol. The van der Waals surface area contributed by atoms with Gasteiger partial charge in [-0.1, -0.05) is 36.4 Å². The van der Waals surface area contributed by atoms with Crippen molar-refractivity contribution >= 4 is 10.0 Å². The van der Waals surface area contributed by atoms with Gasteiger partial charge < -0.3 is 0 Å². The molecule has 0 aliphatic carbocycles. The van der Waals surface area contributed by atoms with E-state index in [4.69, 9.17) is 0 Å². The lowest BCUT2D eigenvalue weighted by molar-refractivity contribution is 0.491. The minimum absolute atomic E-state index is 0.0741. The normalized spacial score (nSPS) is 12.4. The molecule has 2 aromatic rings. The van der Waals surface area contributed by atoms with Crippen molar-refractivity contribution < 1.29 is 12.8 Å².